The normalized spacial score (nSPS) is 14.4. The highest BCUT2D eigenvalue weighted by Crippen LogP contribution is 2.43. The number of nitrogens with zero attached hydrogens (tertiary/aromatic N) is 1. The number of allylic oxidation sites excluding steroid dienone is 16. The fourth-order valence-corrected chi connectivity index (χ4v) is 6.43. The molecule has 2 unspecified atom stereocenters. The van der Waals surface area contributed by atoms with Gasteiger partial charge in [0.25, 0.3) is 0 Å². The third kappa shape index (κ3) is 46.3. The second-order valence-corrected chi connectivity index (χ2v) is 17.9. The molecule has 0 aromatic carbocycles. The Kier molecular flexibility index (Phi) is 40.1. The number of rotatable bonds is 41. The third-order valence-electron chi connectivity index (χ3n) is 9.35. The van der Waals surface area contributed by atoms with E-state index in [1.54, 1.807) is 0 Å². The van der Waals surface area contributed by atoms with Crippen LogP contribution in [0.5, 0.6) is 0 Å². The number of unbranched alkanes of at least 4 members (excludes halogenated alkanes) is 11. The monoisotopic (exact) mass is 873 g/mol. The van der Waals surface area contributed by atoms with Crippen molar-refractivity contribution in [2.24, 2.45) is 0 Å². The van der Waals surface area contributed by atoms with Crippen molar-refractivity contribution in [1.29, 1.82) is 0 Å². The summed E-state index contributed by atoms with van der Waals surface area (Å²) in [7, 11) is 1.42. The molecular weight excluding hydrogens is 786 g/mol. The van der Waals surface area contributed by atoms with Crippen molar-refractivity contribution in [2.45, 2.75) is 168 Å². The molecule has 1 N–H and O–H groups in total. The topological polar surface area (TPSA) is 108 Å². The van der Waals surface area contributed by atoms with Gasteiger partial charge < -0.3 is 18.9 Å². The molecular formula is C51H87NO8P+. The van der Waals surface area contributed by atoms with Crippen LogP contribution in [0.25, 0.3) is 0 Å². The largest absolute Gasteiger partial charge is 0.472 e. The number of phosphoric acid groups is 1. The van der Waals surface area contributed by atoms with Gasteiger partial charge in [-0.2, -0.15) is 0 Å². The molecule has 0 saturated carbocycles. The lowest BCUT2D eigenvalue weighted by Gasteiger charge is -2.24. The van der Waals surface area contributed by atoms with Gasteiger partial charge in [0.1, 0.15) is 19.8 Å². The molecule has 9 nitrogen and oxygen atoms in total. The first-order valence-electron chi connectivity index (χ1n) is 23.5. The summed E-state index contributed by atoms with van der Waals surface area (Å²) in [6.07, 6.45) is 56.0. The van der Waals surface area contributed by atoms with Crippen molar-refractivity contribution in [2.75, 3.05) is 47.5 Å². The molecule has 10 heteroatoms. The Morgan fingerprint density at radius 3 is 1.43 bits per heavy atom. The van der Waals surface area contributed by atoms with Crippen molar-refractivity contribution in [3.05, 3.63) is 97.2 Å². The van der Waals surface area contributed by atoms with Gasteiger partial charge in [0.2, 0.25) is 0 Å². The molecule has 0 amide bonds. The number of phosphoric ester groups is 1. The smallest absolute Gasteiger partial charge is 0.462 e. The van der Waals surface area contributed by atoms with E-state index >= 15 is 0 Å². The number of esters is 2. The van der Waals surface area contributed by atoms with Crippen molar-refractivity contribution in [3.8, 4) is 0 Å². The molecule has 0 fully saturated rings. The number of quaternary nitrogens is 1. The van der Waals surface area contributed by atoms with Gasteiger partial charge in [-0.3, -0.25) is 18.6 Å². The second-order valence-electron chi connectivity index (χ2n) is 16.4. The maximum atomic E-state index is 12.7. The molecule has 0 aliphatic carbocycles. The van der Waals surface area contributed by atoms with E-state index in [2.05, 4.69) is 111 Å². The molecule has 0 saturated heterocycles. The quantitative estimate of drug-likeness (QED) is 0.0213. The first-order chi connectivity index (χ1) is 29.5. The fourth-order valence-electron chi connectivity index (χ4n) is 5.69. The SMILES string of the molecule is CC/C=C\C/C=C\C/C=C\C/C=C\C/C=C\C/C=C\CCCCC(=O)OC(COC(=O)CCCCCCC/C=C\C/C=C\CCCCCC)COP(=O)(O)OCC[N+](C)(C)C. The summed E-state index contributed by atoms with van der Waals surface area (Å²) in [5.74, 6) is -0.875. The van der Waals surface area contributed by atoms with Crippen LogP contribution in [-0.2, 0) is 32.7 Å². The predicted molar refractivity (Wildman–Crippen MR) is 256 cm³/mol. The average molecular weight is 873 g/mol. The zero-order chi connectivity index (χ0) is 45.0. The molecule has 0 aliphatic rings. The van der Waals surface area contributed by atoms with Gasteiger partial charge in [0.15, 0.2) is 6.10 Å². The number of hydrogen-bond acceptors (Lipinski definition) is 7. The fraction of sp³-hybridized carbons (Fsp3) is 0.647. The summed E-state index contributed by atoms with van der Waals surface area (Å²) < 4.78 is 34.3. The van der Waals surface area contributed by atoms with Crippen LogP contribution in [-0.4, -0.2) is 74.9 Å². The Balaban J connectivity index is 4.46. The first-order valence-corrected chi connectivity index (χ1v) is 25.0. The van der Waals surface area contributed by atoms with Crippen LogP contribution in [0.4, 0.5) is 0 Å². The van der Waals surface area contributed by atoms with Gasteiger partial charge in [0.05, 0.1) is 27.7 Å². The van der Waals surface area contributed by atoms with Crippen LogP contribution in [0.1, 0.15) is 162 Å². The summed E-state index contributed by atoms with van der Waals surface area (Å²) in [6, 6.07) is 0. The van der Waals surface area contributed by atoms with E-state index in [1.807, 2.05) is 21.1 Å². The molecule has 0 heterocycles. The molecule has 0 aromatic heterocycles. The molecule has 61 heavy (non-hydrogen) atoms. The first kappa shape index (κ1) is 57.9. The minimum Gasteiger partial charge on any atom is -0.462 e. The summed E-state index contributed by atoms with van der Waals surface area (Å²) in [5.41, 5.74) is 0. The Bertz CT molecular complexity index is 1350. The number of carbonyl (C=O) groups excluding carboxylic acids is 2. The maximum Gasteiger partial charge on any atom is 0.472 e. The lowest BCUT2D eigenvalue weighted by Crippen LogP contribution is -2.37. The average Bonchev–Trinajstić information content (AvgIpc) is 3.21. The number of likely N-dealkylation sites (N-methyl/N-ethyl adjacent to an activating group) is 1. The Hall–Kier alpha value is -3.07. The zero-order valence-corrected chi connectivity index (χ0v) is 40.0. The van der Waals surface area contributed by atoms with Crippen molar-refractivity contribution in [3.63, 3.8) is 0 Å². The van der Waals surface area contributed by atoms with Crippen LogP contribution in [0.15, 0.2) is 97.2 Å². The van der Waals surface area contributed by atoms with E-state index in [-0.39, 0.29) is 26.1 Å². The highest BCUT2D eigenvalue weighted by atomic mass is 31.2. The van der Waals surface area contributed by atoms with E-state index in [0.717, 1.165) is 89.9 Å². The summed E-state index contributed by atoms with van der Waals surface area (Å²) in [5, 5.41) is 0. The van der Waals surface area contributed by atoms with Gasteiger partial charge >= 0.3 is 19.8 Å². The molecule has 0 radical (unpaired) electrons. The van der Waals surface area contributed by atoms with Gasteiger partial charge in [-0.05, 0) is 96.3 Å². The number of ether oxygens (including phenoxy) is 2. The second kappa shape index (κ2) is 42.2. The van der Waals surface area contributed by atoms with Crippen LogP contribution in [0.2, 0.25) is 0 Å². The van der Waals surface area contributed by atoms with Crippen molar-refractivity contribution >= 4 is 19.8 Å². The zero-order valence-electron chi connectivity index (χ0n) is 39.1. The Morgan fingerprint density at radius 1 is 0.525 bits per heavy atom. The lowest BCUT2D eigenvalue weighted by atomic mass is 10.1. The molecule has 348 valence electrons. The summed E-state index contributed by atoms with van der Waals surface area (Å²) in [4.78, 5) is 35.4. The van der Waals surface area contributed by atoms with Crippen molar-refractivity contribution in [1.82, 2.24) is 0 Å². The van der Waals surface area contributed by atoms with Gasteiger partial charge in [-0.25, -0.2) is 4.57 Å². The molecule has 0 bridgehead atoms. The van der Waals surface area contributed by atoms with Gasteiger partial charge in [0, 0.05) is 12.8 Å². The van der Waals surface area contributed by atoms with Crippen LogP contribution < -0.4 is 0 Å². The van der Waals surface area contributed by atoms with Gasteiger partial charge in [-0.1, -0.05) is 150 Å². The van der Waals surface area contributed by atoms with Crippen LogP contribution in [0.3, 0.4) is 0 Å². The molecule has 0 spiro atoms. The molecule has 0 aliphatic heterocycles. The minimum absolute atomic E-state index is 0.0150. The van der Waals surface area contributed by atoms with Crippen LogP contribution >= 0.6 is 7.82 Å². The molecule has 0 aromatic rings. The summed E-state index contributed by atoms with van der Waals surface area (Å²) >= 11 is 0. The summed E-state index contributed by atoms with van der Waals surface area (Å²) in [6.45, 7) is 4.20. The van der Waals surface area contributed by atoms with Crippen LogP contribution in [0, 0.1) is 0 Å². The Morgan fingerprint density at radius 2 is 0.934 bits per heavy atom. The third-order valence-corrected chi connectivity index (χ3v) is 10.3. The van der Waals surface area contributed by atoms with Gasteiger partial charge in [-0.15, -0.1) is 0 Å². The number of carbonyl (C=O) groups is 2. The molecule has 2 atom stereocenters. The maximum absolute atomic E-state index is 12.7. The van der Waals surface area contributed by atoms with E-state index in [4.69, 9.17) is 18.5 Å². The standard InChI is InChI=1S/C51H86NO8P/c1-6-8-10-12-14-16-18-20-22-24-25-26-27-28-30-32-34-36-38-40-42-44-51(54)60-49(48-59-61(55,56)58-46-45-52(3,4)5)47-57-50(53)43-41-39-37-35-33-31-29-23-21-19-17-15-13-11-9-7-2/h8,10,14,16-17,19-20,22-23,25-26,28-30,34,36,49H,6-7,9,11-13,15,18,21,24,27,31-33,35,37-48H2,1-5H3/p+1/b10-8-,16-14-,19-17-,22-20-,26-25-,29-23-,30-28-,36-34-. The van der Waals surface area contributed by atoms with E-state index in [1.165, 1.54) is 32.1 Å². The van der Waals surface area contributed by atoms with E-state index in [0.29, 0.717) is 23.9 Å². The number of hydrogen-bond donors (Lipinski definition) is 1. The minimum atomic E-state index is -4.40. The van der Waals surface area contributed by atoms with E-state index in [9.17, 15) is 19.0 Å². The Labute approximate surface area is 373 Å². The highest BCUT2D eigenvalue weighted by molar-refractivity contribution is 7.47. The molecule has 0 rings (SSSR count). The lowest BCUT2D eigenvalue weighted by molar-refractivity contribution is -0.870. The van der Waals surface area contributed by atoms with E-state index < -0.39 is 32.5 Å². The highest BCUT2D eigenvalue weighted by Gasteiger charge is 2.27. The predicted octanol–water partition coefficient (Wildman–Crippen LogP) is 13.7. The van der Waals surface area contributed by atoms with Crippen molar-refractivity contribution < 1.29 is 42.1 Å².